The number of carbonyl (C=O) groups is 1. The Morgan fingerprint density at radius 2 is 1.94 bits per heavy atom. The smallest absolute Gasteiger partial charge is 0.138 e. The summed E-state index contributed by atoms with van der Waals surface area (Å²) in [6, 6.07) is 12.3. The van der Waals surface area contributed by atoms with Gasteiger partial charge in [-0.1, -0.05) is 30.3 Å². The van der Waals surface area contributed by atoms with Crippen LogP contribution in [0.4, 0.5) is 0 Å². The number of halogens is 1. The van der Waals surface area contributed by atoms with Crippen molar-refractivity contribution in [3.63, 3.8) is 0 Å². The van der Waals surface area contributed by atoms with Gasteiger partial charge >= 0.3 is 0 Å². The molecule has 0 bridgehead atoms. The highest BCUT2D eigenvalue weighted by atomic mass is 79.9. The van der Waals surface area contributed by atoms with Crippen LogP contribution < -0.4 is 0 Å². The zero-order valence-corrected chi connectivity index (χ0v) is 12.5. The molecule has 0 unspecified atom stereocenters. The van der Waals surface area contributed by atoms with Crippen LogP contribution in [0.5, 0.6) is 0 Å². The van der Waals surface area contributed by atoms with E-state index < -0.39 is 0 Å². The van der Waals surface area contributed by atoms with Crippen LogP contribution in [0.1, 0.15) is 23.3 Å². The maximum Gasteiger partial charge on any atom is 0.138 e. The molecule has 0 saturated heterocycles. The van der Waals surface area contributed by atoms with Crippen molar-refractivity contribution in [3.8, 4) is 0 Å². The molecule has 0 aliphatic heterocycles. The highest BCUT2D eigenvalue weighted by molar-refractivity contribution is 9.10. The number of rotatable bonds is 6. The lowest BCUT2D eigenvalue weighted by molar-refractivity contribution is -0.118. The minimum Gasteiger partial charge on any atom is -0.299 e. The predicted octanol–water partition coefficient (Wildman–Crippen LogP) is 4.65. The number of ketones is 1. The Bertz CT molecular complexity index is 504. The van der Waals surface area contributed by atoms with Gasteiger partial charge in [-0.3, -0.25) is 4.79 Å². The second-order valence-corrected chi connectivity index (χ2v) is 6.10. The average Bonchev–Trinajstić information content (AvgIpc) is 2.76. The van der Waals surface area contributed by atoms with Crippen molar-refractivity contribution in [2.45, 2.75) is 25.7 Å². The predicted molar refractivity (Wildman–Crippen MR) is 80.1 cm³/mol. The largest absolute Gasteiger partial charge is 0.299 e. The molecule has 0 N–H and O–H groups in total. The summed E-state index contributed by atoms with van der Waals surface area (Å²) in [6.45, 7) is 0. The molecule has 1 heterocycles. The van der Waals surface area contributed by atoms with Crippen molar-refractivity contribution >= 4 is 33.0 Å². The molecule has 0 fully saturated rings. The summed E-state index contributed by atoms with van der Waals surface area (Å²) in [7, 11) is 0. The van der Waals surface area contributed by atoms with E-state index in [9.17, 15) is 4.79 Å². The summed E-state index contributed by atoms with van der Waals surface area (Å²) in [6.07, 6.45) is 3.15. The minimum absolute atomic E-state index is 0.328. The SMILES string of the molecule is O=C(CCCc1ccccc1)Cc1sccc1Br. The topological polar surface area (TPSA) is 17.1 Å². The monoisotopic (exact) mass is 322 g/mol. The minimum atomic E-state index is 0.328. The van der Waals surface area contributed by atoms with Crippen LogP contribution in [0.2, 0.25) is 0 Å². The molecular weight excluding hydrogens is 308 g/mol. The fourth-order valence-electron chi connectivity index (χ4n) is 1.85. The normalized spacial score (nSPS) is 10.5. The van der Waals surface area contributed by atoms with Gasteiger partial charge in [-0.05, 0) is 45.8 Å². The number of hydrogen-bond donors (Lipinski definition) is 0. The number of benzene rings is 1. The van der Waals surface area contributed by atoms with E-state index in [1.165, 1.54) is 5.56 Å². The molecule has 18 heavy (non-hydrogen) atoms. The van der Waals surface area contributed by atoms with Gasteiger partial charge in [0.1, 0.15) is 5.78 Å². The average molecular weight is 323 g/mol. The second-order valence-electron chi connectivity index (χ2n) is 4.25. The van der Waals surface area contributed by atoms with Crippen LogP contribution in [-0.4, -0.2) is 5.78 Å². The lowest BCUT2D eigenvalue weighted by Crippen LogP contribution is -2.02. The van der Waals surface area contributed by atoms with Gasteiger partial charge in [-0.2, -0.15) is 0 Å². The first-order valence-corrected chi connectivity index (χ1v) is 7.70. The van der Waals surface area contributed by atoms with Crippen molar-refractivity contribution in [2.24, 2.45) is 0 Å². The number of carbonyl (C=O) groups excluding carboxylic acids is 1. The lowest BCUT2D eigenvalue weighted by atomic mass is 10.1. The standard InChI is InChI=1S/C15H15BrOS/c16-14-9-10-18-15(14)11-13(17)8-4-7-12-5-2-1-3-6-12/h1-3,5-6,9-10H,4,7-8,11H2. The highest BCUT2D eigenvalue weighted by Crippen LogP contribution is 2.23. The van der Waals surface area contributed by atoms with Crippen molar-refractivity contribution in [1.29, 1.82) is 0 Å². The Kier molecular flexibility index (Phi) is 5.14. The van der Waals surface area contributed by atoms with E-state index in [4.69, 9.17) is 0 Å². The van der Waals surface area contributed by atoms with Gasteiger partial charge in [-0.25, -0.2) is 0 Å². The third kappa shape index (κ3) is 4.07. The summed E-state index contributed by atoms with van der Waals surface area (Å²) in [5.41, 5.74) is 1.31. The molecule has 0 aliphatic rings. The van der Waals surface area contributed by atoms with Gasteiger partial charge in [0, 0.05) is 22.2 Å². The van der Waals surface area contributed by atoms with Crippen LogP contribution in [0.25, 0.3) is 0 Å². The van der Waals surface area contributed by atoms with Gasteiger partial charge in [0.25, 0.3) is 0 Å². The van der Waals surface area contributed by atoms with Crippen molar-refractivity contribution in [3.05, 3.63) is 56.7 Å². The Morgan fingerprint density at radius 3 is 2.61 bits per heavy atom. The molecule has 0 saturated carbocycles. The van der Waals surface area contributed by atoms with Crippen LogP contribution in [-0.2, 0) is 17.6 Å². The molecule has 94 valence electrons. The number of Topliss-reactive ketones (excluding diaryl/α,β-unsaturated/α-hetero) is 1. The first-order valence-electron chi connectivity index (χ1n) is 6.03. The van der Waals surface area contributed by atoms with Gasteiger partial charge in [-0.15, -0.1) is 11.3 Å². The quantitative estimate of drug-likeness (QED) is 0.756. The highest BCUT2D eigenvalue weighted by Gasteiger charge is 2.08. The van der Waals surface area contributed by atoms with Crippen LogP contribution in [0.15, 0.2) is 46.3 Å². The molecule has 1 aromatic carbocycles. The molecule has 0 radical (unpaired) electrons. The van der Waals surface area contributed by atoms with E-state index in [0.717, 1.165) is 22.2 Å². The molecular formula is C15H15BrOS. The van der Waals surface area contributed by atoms with Gasteiger partial charge in [0.2, 0.25) is 0 Å². The maximum atomic E-state index is 11.8. The summed E-state index contributed by atoms with van der Waals surface area (Å²) in [5.74, 6) is 0.328. The molecule has 2 aromatic rings. The zero-order chi connectivity index (χ0) is 12.8. The molecule has 1 aromatic heterocycles. The van der Waals surface area contributed by atoms with Crippen LogP contribution in [0, 0.1) is 0 Å². The molecule has 3 heteroatoms. The molecule has 0 atom stereocenters. The number of thiophene rings is 1. The first-order chi connectivity index (χ1) is 8.75. The van der Waals surface area contributed by atoms with E-state index in [2.05, 4.69) is 28.1 Å². The number of aryl methyl sites for hydroxylation is 1. The van der Waals surface area contributed by atoms with Crippen molar-refractivity contribution in [2.75, 3.05) is 0 Å². The summed E-state index contributed by atoms with van der Waals surface area (Å²) >= 11 is 5.10. The fourth-order valence-corrected chi connectivity index (χ4v) is 3.37. The van der Waals surface area contributed by atoms with Crippen LogP contribution >= 0.6 is 27.3 Å². The summed E-state index contributed by atoms with van der Waals surface area (Å²) in [4.78, 5) is 13.0. The number of hydrogen-bond acceptors (Lipinski definition) is 2. The van der Waals surface area contributed by atoms with E-state index in [-0.39, 0.29) is 0 Å². The Hall–Kier alpha value is -0.930. The third-order valence-corrected chi connectivity index (χ3v) is 4.74. The molecule has 1 nitrogen and oxygen atoms in total. The Labute approximate surface area is 120 Å². The first kappa shape index (κ1) is 13.5. The van der Waals surface area contributed by atoms with E-state index in [1.807, 2.05) is 29.6 Å². The summed E-state index contributed by atoms with van der Waals surface area (Å²) in [5, 5.41) is 2.01. The van der Waals surface area contributed by atoms with Gasteiger partial charge in [0.05, 0.1) is 0 Å². The van der Waals surface area contributed by atoms with E-state index >= 15 is 0 Å². The molecule has 2 rings (SSSR count). The van der Waals surface area contributed by atoms with E-state index in [0.29, 0.717) is 18.6 Å². The van der Waals surface area contributed by atoms with Gasteiger partial charge in [0.15, 0.2) is 0 Å². The molecule has 0 spiro atoms. The molecule has 0 amide bonds. The third-order valence-electron chi connectivity index (χ3n) is 2.81. The maximum absolute atomic E-state index is 11.8. The zero-order valence-electron chi connectivity index (χ0n) is 10.1. The fraction of sp³-hybridized carbons (Fsp3) is 0.267. The lowest BCUT2D eigenvalue weighted by Gasteiger charge is -2.01. The Morgan fingerprint density at radius 1 is 1.17 bits per heavy atom. The second kappa shape index (κ2) is 6.86. The van der Waals surface area contributed by atoms with Gasteiger partial charge < -0.3 is 0 Å². The van der Waals surface area contributed by atoms with E-state index in [1.54, 1.807) is 11.3 Å². The van der Waals surface area contributed by atoms with Crippen molar-refractivity contribution in [1.82, 2.24) is 0 Å². The van der Waals surface area contributed by atoms with Crippen LogP contribution in [0.3, 0.4) is 0 Å². The summed E-state index contributed by atoms with van der Waals surface area (Å²) < 4.78 is 1.06. The molecule has 0 aliphatic carbocycles. The Balaban J connectivity index is 1.74. The van der Waals surface area contributed by atoms with Crippen molar-refractivity contribution < 1.29 is 4.79 Å².